The number of nitrogens with zero attached hydrogens (tertiary/aromatic N) is 2. The number of nitrogens with one attached hydrogen (secondary N) is 2. The minimum Gasteiger partial charge on any atom is -0.354 e. The second-order valence-electron chi connectivity index (χ2n) is 15.9. The van der Waals surface area contributed by atoms with E-state index in [1.807, 2.05) is 0 Å². The van der Waals surface area contributed by atoms with E-state index in [1.165, 1.54) is 32.1 Å². The molecule has 1 aliphatic rings. The van der Waals surface area contributed by atoms with Crippen LogP contribution in [0.25, 0.3) is 111 Å². The van der Waals surface area contributed by atoms with E-state index in [9.17, 15) is 0 Å². The van der Waals surface area contributed by atoms with Crippen LogP contribution in [0.15, 0.2) is 152 Å². The third-order valence-corrected chi connectivity index (χ3v) is 13.5. The van der Waals surface area contributed by atoms with Crippen molar-refractivity contribution in [3.63, 3.8) is 0 Å². The lowest BCUT2D eigenvalue weighted by Gasteiger charge is -2.21. The Labute approximate surface area is 325 Å². The predicted molar refractivity (Wildman–Crippen MR) is 242 cm³/mol. The zero-order valence-electron chi connectivity index (χ0n) is 31.5. The molecule has 5 heterocycles. The van der Waals surface area contributed by atoms with E-state index >= 15 is 0 Å². The summed E-state index contributed by atoms with van der Waals surface area (Å²) in [5, 5.41) is 8.79. The molecule has 2 N–H and O–H groups in total. The highest BCUT2D eigenvalue weighted by atomic mass is 28.3. The van der Waals surface area contributed by atoms with Gasteiger partial charge in [0.2, 0.25) is 0 Å². The number of H-pyrrole nitrogens is 2. The number of aromatic amines is 2. The van der Waals surface area contributed by atoms with E-state index in [2.05, 4.69) is 193 Å². The molecule has 266 valence electrons. The van der Waals surface area contributed by atoms with Crippen LogP contribution in [0.4, 0.5) is 0 Å². The van der Waals surface area contributed by atoms with Crippen molar-refractivity contribution in [2.75, 3.05) is 0 Å². The van der Waals surface area contributed by atoms with Crippen LogP contribution >= 0.6 is 0 Å². The van der Waals surface area contributed by atoms with Gasteiger partial charge < -0.3 is 9.97 Å². The predicted octanol–water partition coefficient (Wildman–Crippen LogP) is 13.2. The summed E-state index contributed by atoms with van der Waals surface area (Å²) in [4.78, 5) is 19.1. The largest absolute Gasteiger partial charge is 0.354 e. The fourth-order valence-electron chi connectivity index (χ4n) is 9.00. The highest BCUT2D eigenvalue weighted by Crippen LogP contribution is 2.44. The minimum absolute atomic E-state index is 0.912. The molecule has 11 rings (SSSR count). The van der Waals surface area contributed by atoms with Crippen molar-refractivity contribution < 1.29 is 0 Å². The Morgan fingerprint density at radius 1 is 0.375 bits per heavy atom. The Morgan fingerprint density at radius 2 is 0.839 bits per heavy atom. The van der Waals surface area contributed by atoms with Crippen molar-refractivity contribution in [2.24, 2.45) is 0 Å². The number of rotatable bonds is 4. The van der Waals surface area contributed by atoms with Gasteiger partial charge >= 0.3 is 0 Å². The molecule has 0 radical (unpaired) electrons. The van der Waals surface area contributed by atoms with Gasteiger partial charge in [-0.25, -0.2) is 9.97 Å². The van der Waals surface area contributed by atoms with E-state index in [-0.39, 0.29) is 0 Å². The van der Waals surface area contributed by atoms with Gasteiger partial charge in [-0.3, -0.25) is 0 Å². The van der Waals surface area contributed by atoms with Crippen molar-refractivity contribution in [2.45, 2.75) is 19.6 Å². The molecule has 0 amide bonds. The summed E-state index contributed by atoms with van der Waals surface area (Å²) >= 11 is 0. The summed E-state index contributed by atoms with van der Waals surface area (Å²) < 4.78 is 0. The zero-order chi connectivity index (χ0) is 37.5. The summed E-state index contributed by atoms with van der Waals surface area (Å²) in [6.07, 6.45) is 4.32. The fraction of sp³-hybridized carbons (Fsp3) is 0.0588. The molecule has 0 saturated heterocycles. The van der Waals surface area contributed by atoms with Gasteiger partial charge in [-0.15, -0.1) is 0 Å². The van der Waals surface area contributed by atoms with Crippen LogP contribution in [0.3, 0.4) is 0 Å². The molecular formula is C51H38N4Si. The lowest BCUT2D eigenvalue weighted by Crippen LogP contribution is -2.38. The molecule has 0 aliphatic carbocycles. The van der Waals surface area contributed by atoms with Crippen LogP contribution in [0.5, 0.6) is 0 Å². The Kier molecular flexibility index (Phi) is 7.19. The SMILES string of the molecule is C[Si](C)(C)c1ccc2c3nc4c(c5ccc([nH]5)c(-c5ccccc5)c5nc(c(-c6ccccc6)c6ccc([nH]6)c3-c3ccccc3)C=C5)c3ccccc3c1c24. The van der Waals surface area contributed by atoms with E-state index in [1.54, 1.807) is 0 Å². The topological polar surface area (TPSA) is 57.4 Å². The van der Waals surface area contributed by atoms with Gasteiger partial charge in [-0.2, -0.15) is 0 Å². The van der Waals surface area contributed by atoms with Crippen molar-refractivity contribution in [1.82, 2.24) is 19.9 Å². The van der Waals surface area contributed by atoms with Crippen molar-refractivity contribution in [3.8, 4) is 33.4 Å². The zero-order valence-corrected chi connectivity index (χ0v) is 32.5. The number of aromatic nitrogens is 4. The normalized spacial score (nSPS) is 12.5. The van der Waals surface area contributed by atoms with E-state index in [0.717, 1.165) is 83.3 Å². The number of benzene rings is 6. The summed E-state index contributed by atoms with van der Waals surface area (Å²) in [7, 11) is -1.80. The molecule has 56 heavy (non-hydrogen) atoms. The molecule has 6 aromatic carbocycles. The lowest BCUT2D eigenvalue weighted by molar-refractivity contribution is 1.32. The molecule has 4 aromatic heterocycles. The van der Waals surface area contributed by atoms with Gasteiger partial charge in [0.15, 0.2) is 0 Å². The highest BCUT2D eigenvalue weighted by molar-refractivity contribution is 6.91. The first-order valence-corrected chi connectivity index (χ1v) is 22.8. The molecule has 0 unspecified atom stereocenters. The summed E-state index contributed by atoms with van der Waals surface area (Å²) in [6, 6.07) is 54.5. The minimum atomic E-state index is -1.80. The molecule has 10 aromatic rings. The summed E-state index contributed by atoms with van der Waals surface area (Å²) in [5.41, 5.74) is 14.4. The monoisotopic (exact) mass is 734 g/mol. The van der Waals surface area contributed by atoms with Crippen molar-refractivity contribution >= 4 is 90.8 Å². The molecular weight excluding hydrogens is 697 g/mol. The van der Waals surface area contributed by atoms with E-state index in [0.29, 0.717) is 0 Å². The molecule has 1 aliphatic heterocycles. The molecule has 8 bridgehead atoms. The van der Waals surface area contributed by atoms with Crippen LogP contribution in [0, 0.1) is 0 Å². The Balaban J connectivity index is 1.45. The standard InChI is InChI=1S/C51H38N4Si/c1-56(2,3)43-30-23-36-49-48(43)35-22-14-13-21-34(35)47-42-29-27-40(54-42)45(32-17-9-5-10-18-32)38-25-24-37(52-38)44(31-15-7-4-8-16-31)39-26-28-41(53-39)46(50(36)55-51(47)49)33-19-11-6-12-20-33/h4-30,53-54H,1-3H3. The molecule has 0 spiro atoms. The molecule has 0 saturated carbocycles. The third kappa shape index (κ3) is 4.98. The number of hydrogen-bond donors (Lipinski definition) is 2. The Morgan fingerprint density at radius 3 is 1.39 bits per heavy atom. The first-order valence-electron chi connectivity index (χ1n) is 19.3. The van der Waals surface area contributed by atoms with Gasteiger partial charge in [-0.05, 0) is 69.3 Å². The van der Waals surface area contributed by atoms with E-state index < -0.39 is 8.07 Å². The second kappa shape index (κ2) is 12.4. The Bertz CT molecular complexity index is 3320. The molecule has 5 heteroatoms. The quantitative estimate of drug-likeness (QED) is 0.140. The Hall–Kier alpha value is -6.82. The van der Waals surface area contributed by atoms with Crippen molar-refractivity contribution in [3.05, 3.63) is 163 Å². The fourth-order valence-corrected chi connectivity index (χ4v) is 10.6. The smallest absolute Gasteiger partial charge is 0.0822 e. The number of fused-ring (bicyclic) bond motifs is 12. The van der Waals surface area contributed by atoms with E-state index in [4.69, 9.17) is 9.97 Å². The van der Waals surface area contributed by atoms with Crippen LogP contribution in [-0.2, 0) is 0 Å². The second-order valence-corrected chi connectivity index (χ2v) is 20.9. The highest BCUT2D eigenvalue weighted by Gasteiger charge is 2.26. The van der Waals surface area contributed by atoms with Gasteiger partial charge in [0.1, 0.15) is 0 Å². The third-order valence-electron chi connectivity index (χ3n) is 11.5. The van der Waals surface area contributed by atoms with Gasteiger partial charge in [0.25, 0.3) is 0 Å². The lowest BCUT2D eigenvalue weighted by atomic mass is 9.95. The maximum atomic E-state index is 5.80. The molecule has 0 atom stereocenters. The van der Waals surface area contributed by atoms with Crippen LogP contribution in [0.1, 0.15) is 11.4 Å². The summed E-state index contributed by atoms with van der Waals surface area (Å²) in [5.74, 6) is 0. The van der Waals surface area contributed by atoms with Crippen molar-refractivity contribution in [1.29, 1.82) is 0 Å². The van der Waals surface area contributed by atoms with Gasteiger partial charge in [0.05, 0.1) is 30.5 Å². The summed E-state index contributed by atoms with van der Waals surface area (Å²) in [6.45, 7) is 7.36. The maximum Gasteiger partial charge on any atom is 0.0822 e. The first-order chi connectivity index (χ1) is 27.4. The van der Waals surface area contributed by atoms with Crippen LogP contribution in [-0.4, -0.2) is 28.0 Å². The number of hydrogen-bond acceptors (Lipinski definition) is 2. The molecule has 4 nitrogen and oxygen atoms in total. The molecule has 0 fully saturated rings. The average Bonchev–Trinajstić information content (AvgIpc) is 4.06. The maximum absolute atomic E-state index is 5.80. The average molecular weight is 735 g/mol. The van der Waals surface area contributed by atoms with Crippen LogP contribution in [0.2, 0.25) is 19.6 Å². The first kappa shape index (κ1) is 32.6. The van der Waals surface area contributed by atoms with Crippen LogP contribution < -0.4 is 5.19 Å². The van der Waals surface area contributed by atoms with Gasteiger partial charge in [-0.1, -0.05) is 152 Å². The van der Waals surface area contributed by atoms with Gasteiger partial charge in [0, 0.05) is 54.9 Å².